The van der Waals surface area contributed by atoms with Crippen molar-refractivity contribution in [3.8, 4) is 0 Å². The summed E-state index contributed by atoms with van der Waals surface area (Å²) >= 11 is 0. The van der Waals surface area contributed by atoms with Gasteiger partial charge in [-0.2, -0.15) is 0 Å². The van der Waals surface area contributed by atoms with Crippen molar-refractivity contribution in [2.75, 3.05) is 20.1 Å². The zero-order chi connectivity index (χ0) is 13.1. The number of nitrogens with zero attached hydrogens (tertiary/aromatic N) is 1. The third kappa shape index (κ3) is 3.36. The van der Waals surface area contributed by atoms with Crippen molar-refractivity contribution >= 4 is 0 Å². The molecule has 1 N–H and O–H groups in total. The molecule has 0 spiro atoms. The zero-order valence-corrected chi connectivity index (χ0v) is 12.5. The second-order valence-corrected chi connectivity index (χ2v) is 6.61. The van der Waals surface area contributed by atoms with Gasteiger partial charge in [-0.25, -0.2) is 0 Å². The van der Waals surface area contributed by atoms with Gasteiger partial charge in [0, 0.05) is 12.1 Å². The van der Waals surface area contributed by atoms with Crippen LogP contribution in [0.3, 0.4) is 0 Å². The first kappa shape index (κ1) is 14.1. The van der Waals surface area contributed by atoms with Gasteiger partial charge in [-0.05, 0) is 77.9 Å². The fraction of sp³-hybridized carbons (Fsp3) is 0.875. The van der Waals surface area contributed by atoms with Crippen LogP contribution in [0, 0.1) is 17.8 Å². The van der Waals surface area contributed by atoms with Crippen molar-refractivity contribution in [3.05, 3.63) is 12.2 Å². The monoisotopic (exact) mass is 250 g/mol. The third-order valence-electron chi connectivity index (χ3n) is 5.01. The molecule has 0 radical (unpaired) electrons. The van der Waals surface area contributed by atoms with Crippen LogP contribution >= 0.6 is 0 Å². The van der Waals surface area contributed by atoms with Crippen LogP contribution in [0.1, 0.15) is 40.0 Å². The van der Waals surface area contributed by atoms with Gasteiger partial charge in [0.1, 0.15) is 0 Å². The van der Waals surface area contributed by atoms with Gasteiger partial charge in [0.2, 0.25) is 0 Å². The van der Waals surface area contributed by atoms with Crippen molar-refractivity contribution in [2.45, 2.75) is 52.1 Å². The normalized spacial score (nSPS) is 31.8. The lowest BCUT2D eigenvalue weighted by molar-refractivity contribution is 0.261. The minimum absolute atomic E-state index is 0.665. The Kier molecular flexibility index (Phi) is 4.85. The van der Waals surface area contributed by atoms with Crippen molar-refractivity contribution in [1.29, 1.82) is 0 Å². The average molecular weight is 250 g/mol. The predicted octanol–water partition coefficient (Wildman–Crippen LogP) is 2.91. The molecule has 2 heteroatoms. The Bertz CT molecular complexity index is 285. The highest BCUT2D eigenvalue weighted by atomic mass is 15.1. The standard InChI is InChI=1S/C16H30N2/c1-12(2)18(4)9-5-8-17-13(3)16-11-14-6-7-15(16)10-14/h6-7,12-17H,5,8-11H2,1-4H3. The quantitative estimate of drug-likeness (QED) is 0.552. The number of allylic oxidation sites excluding steroid dienone is 2. The van der Waals surface area contributed by atoms with Crippen LogP contribution in [0.2, 0.25) is 0 Å². The van der Waals surface area contributed by atoms with Crippen molar-refractivity contribution in [1.82, 2.24) is 10.2 Å². The molecule has 0 aromatic rings. The molecule has 18 heavy (non-hydrogen) atoms. The molecule has 2 aliphatic carbocycles. The SMILES string of the molecule is CC(NCCCN(C)C(C)C)C1CC2C=CC1C2. The second kappa shape index (κ2) is 6.21. The maximum Gasteiger partial charge on any atom is 0.00728 e. The molecule has 2 rings (SSSR count). The van der Waals surface area contributed by atoms with E-state index in [9.17, 15) is 0 Å². The van der Waals surface area contributed by atoms with Crippen LogP contribution < -0.4 is 5.32 Å². The first-order chi connectivity index (χ1) is 8.58. The summed E-state index contributed by atoms with van der Waals surface area (Å²) in [4.78, 5) is 2.42. The minimum Gasteiger partial charge on any atom is -0.314 e. The number of nitrogens with one attached hydrogen (secondary N) is 1. The summed E-state index contributed by atoms with van der Waals surface area (Å²) in [6.07, 6.45) is 9.00. The maximum absolute atomic E-state index is 3.74. The molecule has 4 unspecified atom stereocenters. The molecular formula is C16H30N2. The summed E-state index contributed by atoms with van der Waals surface area (Å²) in [6, 6.07) is 1.35. The number of hydrogen-bond acceptors (Lipinski definition) is 2. The summed E-state index contributed by atoms with van der Waals surface area (Å²) in [7, 11) is 2.22. The van der Waals surface area contributed by atoms with Gasteiger partial charge >= 0.3 is 0 Å². The van der Waals surface area contributed by atoms with E-state index in [1.165, 1.54) is 25.8 Å². The molecule has 2 bridgehead atoms. The highest BCUT2D eigenvalue weighted by molar-refractivity contribution is 5.11. The molecule has 2 aliphatic rings. The van der Waals surface area contributed by atoms with E-state index in [1.807, 2.05) is 0 Å². The number of hydrogen-bond donors (Lipinski definition) is 1. The summed E-state index contributed by atoms with van der Waals surface area (Å²) in [6.45, 7) is 9.27. The Morgan fingerprint density at radius 3 is 2.56 bits per heavy atom. The largest absolute Gasteiger partial charge is 0.314 e. The maximum atomic E-state index is 3.74. The van der Waals surface area contributed by atoms with E-state index < -0.39 is 0 Å². The lowest BCUT2D eigenvalue weighted by Gasteiger charge is -2.27. The topological polar surface area (TPSA) is 15.3 Å². The van der Waals surface area contributed by atoms with Crippen LogP contribution in [-0.2, 0) is 0 Å². The van der Waals surface area contributed by atoms with Crippen molar-refractivity contribution < 1.29 is 0 Å². The van der Waals surface area contributed by atoms with Gasteiger partial charge in [0.25, 0.3) is 0 Å². The molecule has 0 aliphatic heterocycles. The molecule has 1 saturated carbocycles. The molecular weight excluding hydrogens is 220 g/mol. The van der Waals surface area contributed by atoms with E-state index in [0.29, 0.717) is 12.1 Å². The van der Waals surface area contributed by atoms with Crippen LogP contribution in [0.15, 0.2) is 12.2 Å². The van der Waals surface area contributed by atoms with Crippen molar-refractivity contribution in [2.24, 2.45) is 17.8 Å². The molecule has 2 nitrogen and oxygen atoms in total. The molecule has 0 aromatic heterocycles. The fourth-order valence-corrected chi connectivity index (χ4v) is 3.47. The molecule has 0 amide bonds. The van der Waals surface area contributed by atoms with Gasteiger partial charge < -0.3 is 10.2 Å². The lowest BCUT2D eigenvalue weighted by atomic mass is 9.87. The van der Waals surface area contributed by atoms with Crippen LogP contribution in [0.5, 0.6) is 0 Å². The second-order valence-electron chi connectivity index (χ2n) is 6.61. The van der Waals surface area contributed by atoms with E-state index in [1.54, 1.807) is 0 Å². The molecule has 104 valence electrons. The van der Waals surface area contributed by atoms with E-state index >= 15 is 0 Å². The van der Waals surface area contributed by atoms with Gasteiger partial charge in [-0.1, -0.05) is 12.2 Å². The predicted molar refractivity (Wildman–Crippen MR) is 78.7 cm³/mol. The highest BCUT2D eigenvalue weighted by Crippen LogP contribution is 2.44. The van der Waals surface area contributed by atoms with E-state index in [0.717, 1.165) is 24.3 Å². The molecule has 0 heterocycles. The van der Waals surface area contributed by atoms with Crippen LogP contribution in [-0.4, -0.2) is 37.1 Å². The first-order valence-corrected chi connectivity index (χ1v) is 7.70. The van der Waals surface area contributed by atoms with E-state index in [4.69, 9.17) is 0 Å². The zero-order valence-electron chi connectivity index (χ0n) is 12.5. The van der Waals surface area contributed by atoms with E-state index in [-0.39, 0.29) is 0 Å². The van der Waals surface area contributed by atoms with Gasteiger partial charge in [0.15, 0.2) is 0 Å². The average Bonchev–Trinajstić information content (AvgIpc) is 2.95. The van der Waals surface area contributed by atoms with Crippen molar-refractivity contribution in [3.63, 3.8) is 0 Å². The van der Waals surface area contributed by atoms with Gasteiger partial charge in [0.05, 0.1) is 0 Å². The Labute approximate surface area is 113 Å². The van der Waals surface area contributed by atoms with Gasteiger partial charge in [-0.15, -0.1) is 0 Å². The van der Waals surface area contributed by atoms with Gasteiger partial charge in [-0.3, -0.25) is 0 Å². The Morgan fingerprint density at radius 2 is 2.00 bits per heavy atom. The molecule has 1 fully saturated rings. The molecule has 0 saturated heterocycles. The van der Waals surface area contributed by atoms with Crippen LogP contribution in [0.4, 0.5) is 0 Å². The summed E-state index contributed by atoms with van der Waals surface area (Å²) in [5.74, 6) is 2.66. The third-order valence-corrected chi connectivity index (χ3v) is 5.01. The Balaban J connectivity index is 1.61. The van der Waals surface area contributed by atoms with E-state index in [2.05, 4.69) is 50.2 Å². The summed E-state index contributed by atoms with van der Waals surface area (Å²) < 4.78 is 0. The minimum atomic E-state index is 0.665. The molecule has 4 atom stereocenters. The Hall–Kier alpha value is -0.340. The summed E-state index contributed by atoms with van der Waals surface area (Å²) in [5, 5.41) is 3.74. The number of fused-ring (bicyclic) bond motifs is 2. The fourth-order valence-electron chi connectivity index (χ4n) is 3.47. The highest BCUT2D eigenvalue weighted by Gasteiger charge is 2.38. The Morgan fingerprint density at radius 1 is 1.22 bits per heavy atom. The smallest absolute Gasteiger partial charge is 0.00728 e. The number of rotatable bonds is 7. The first-order valence-electron chi connectivity index (χ1n) is 7.70. The lowest BCUT2D eigenvalue weighted by Crippen LogP contribution is -2.37. The molecule has 0 aromatic carbocycles. The van der Waals surface area contributed by atoms with Crippen LogP contribution in [0.25, 0.3) is 0 Å². The summed E-state index contributed by atoms with van der Waals surface area (Å²) in [5.41, 5.74) is 0.